The van der Waals surface area contributed by atoms with Crippen molar-refractivity contribution in [1.82, 2.24) is 9.97 Å². The number of anilines is 1. The van der Waals surface area contributed by atoms with E-state index in [-0.39, 0.29) is 0 Å². The molecule has 1 saturated heterocycles. The van der Waals surface area contributed by atoms with E-state index >= 15 is 0 Å². The van der Waals surface area contributed by atoms with Gasteiger partial charge in [0.05, 0.1) is 17.2 Å². The van der Waals surface area contributed by atoms with Crippen LogP contribution in [0.1, 0.15) is 12.8 Å². The van der Waals surface area contributed by atoms with Crippen LogP contribution in [0.4, 0.5) is 5.82 Å². The van der Waals surface area contributed by atoms with E-state index in [1.54, 1.807) is 0 Å². The second-order valence-corrected chi connectivity index (χ2v) is 4.89. The minimum absolute atomic E-state index is 0.711. The smallest absolute Gasteiger partial charge is 0.147 e. The first-order valence-electron chi connectivity index (χ1n) is 6.53. The molecule has 4 nitrogen and oxygen atoms in total. The lowest BCUT2D eigenvalue weighted by molar-refractivity contribution is 0.546. The average molecular weight is 242 g/mol. The van der Waals surface area contributed by atoms with Crippen molar-refractivity contribution in [1.29, 1.82) is 0 Å². The van der Waals surface area contributed by atoms with Crippen LogP contribution >= 0.6 is 0 Å². The van der Waals surface area contributed by atoms with Gasteiger partial charge in [-0.2, -0.15) is 0 Å². The second kappa shape index (κ2) is 4.90. The molecule has 18 heavy (non-hydrogen) atoms. The Kier molecular flexibility index (Phi) is 3.11. The lowest BCUT2D eigenvalue weighted by Crippen LogP contribution is -2.21. The van der Waals surface area contributed by atoms with Gasteiger partial charge in [0, 0.05) is 13.1 Å². The van der Waals surface area contributed by atoms with E-state index in [1.807, 2.05) is 30.5 Å². The minimum atomic E-state index is 0.711. The highest BCUT2D eigenvalue weighted by Crippen LogP contribution is 2.24. The molecule has 94 valence electrons. The highest BCUT2D eigenvalue weighted by atomic mass is 15.2. The SMILES string of the molecule is NCCC1CCN(c2cnc3ccccc3n2)C1. The Morgan fingerprint density at radius 2 is 2.11 bits per heavy atom. The number of nitrogens with zero attached hydrogens (tertiary/aromatic N) is 3. The highest BCUT2D eigenvalue weighted by Gasteiger charge is 2.23. The van der Waals surface area contributed by atoms with Crippen LogP contribution in [0.5, 0.6) is 0 Å². The van der Waals surface area contributed by atoms with Gasteiger partial charge in [0.2, 0.25) is 0 Å². The zero-order valence-corrected chi connectivity index (χ0v) is 10.4. The lowest BCUT2D eigenvalue weighted by Gasteiger charge is -2.17. The molecule has 1 aliphatic heterocycles. The first-order chi connectivity index (χ1) is 8.86. The summed E-state index contributed by atoms with van der Waals surface area (Å²) in [6.07, 6.45) is 4.20. The molecule has 0 radical (unpaired) electrons. The molecule has 0 saturated carbocycles. The third kappa shape index (κ3) is 2.16. The predicted octanol–water partition coefficient (Wildman–Crippen LogP) is 1.80. The van der Waals surface area contributed by atoms with Crippen LogP contribution in [-0.4, -0.2) is 29.6 Å². The Balaban J connectivity index is 1.82. The summed E-state index contributed by atoms with van der Waals surface area (Å²) in [4.78, 5) is 11.5. The van der Waals surface area contributed by atoms with Crippen molar-refractivity contribution in [2.75, 3.05) is 24.5 Å². The van der Waals surface area contributed by atoms with Crippen LogP contribution < -0.4 is 10.6 Å². The van der Waals surface area contributed by atoms with E-state index in [2.05, 4.69) is 14.9 Å². The quantitative estimate of drug-likeness (QED) is 0.891. The molecule has 1 aromatic heterocycles. The van der Waals surface area contributed by atoms with E-state index in [1.165, 1.54) is 6.42 Å². The van der Waals surface area contributed by atoms with Gasteiger partial charge in [0.1, 0.15) is 5.82 Å². The monoisotopic (exact) mass is 242 g/mol. The minimum Gasteiger partial charge on any atom is -0.355 e. The molecule has 1 aliphatic rings. The Morgan fingerprint density at radius 1 is 1.28 bits per heavy atom. The van der Waals surface area contributed by atoms with E-state index in [4.69, 9.17) is 5.73 Å². The number of aromatic nitrogens is 2. The van der Waals surface area contributed by atoms with Gasteiger partial charge in [-0.25, -0.2) is 4.98 Å². The van der Waals surface area contributed by atoms with Crippen molar-refractivity contribution in [3.8, 4) is 0 Å². The van der Waals surface area contributed by atoms with Gasteiger partial charge in [-0.1, -0.05) is 12.1 Å². The summed E-state index contributed by atoms with van der Waals surface area (Å²) in [5, 5.41) is 0. The Labute approximate surface area is 107 Å². The highest BCUT2D eigenvalue weighted by molar-refractivity contribution is 5.75. The van der Waals surface area contributed by atoms with Crippen molar-refractivity contribution in [2.24, 2.45) is 11.7 Å². The van der Waals surface area contributed by atoms with Gasteiger partial charge >= 0.3 is 0 Å². The molecule has 0 spiro atoms. The summed E-state index contributed by atoms with van der Waals surface area (Å²) >= 11 is 0. The zero-order chi connectivity index (χ0) is 12.4. The van der Waals surface area contributed by atoms with Gasteiger partial charge in [-0.05, 0) is 37.4 Å². The lowest BCUT2D eigenvalue weighted by atomic mass is 10.1. The second-order valence-electron chi connectivity index (χ2n) is 4.89. The number of hydrogen-bond acceptors (Lipinski definition) is 4. The topological polar surface area (TPSA) is 55.0 Å². The zero-order valence-electron chi connectivity index (χ0n) is 10.4. The Hall–Kier alpha value is -1.68. The molecule has 0 amide bonds. The summed E-state index contributed by atoms with van der Waals surface area (Å²) in [6, 6.07) is 8.00. The first-order valence-corrected chi connectivity index (χ1v) is 6.53. The number of nitrogens with two attached hydrogens (primary N) is 1. The van der Waals surface area contributed by atoms with Crippen LogP contribution in [0.2, 0.25) is 0 Å². The molecule has 2 N–H and O–H groups in total. The van der Waals surface area contributed by atoms with E-state index < -0.39 is 0 Å². The number of fused-ring (bicyclic) bond motifs is 1. The van der Waals surface area contributed by atoms with Gasteiger partial charge in [0.25, 0.3) is 0 Å². The third-order valence-corrected chi connectivity index (χ3v) is 3.62. The molecule has 2 heterocycles. The Bertz CT molecular complexity index is 540. The molecule has 0 bridgehead atoms. The summed E-state index contributed by atoms with van der Waals surface area (Å²) in [5.74, 6) is 1.71. The standard InChI is InChI=1S/C14H18N4/c15-7-5-11-6-8-18(10-11)14-9-16-12-3-1-2-4-13(12)17-14/h1-4,9,11H,5-8,10,15H2. The fourth-order valence-corrected chi connectivity index (χ4v) is 2.61. The Morgan fingerprint density at radius 3 is 2.94 bits per heavy atom. The summed E-state index contributed by atoms with van der Waals surface area (Å²) in [6.45, 7) is 2.91. The molecule has 1 atom stereocenters. The third-order valence-electron chi connectivity index (χ3n) is 3.62. The predicted molar refractivity (Wildman–Crippen MR) is 73.5 cm³/mol. The normalized spacial score (nSPS) is 19.6. The van der Waals surface area contributed by atoms with Crippen molar-refractivity contribution in [3.05, 3.63) is 30.5 Å². The maximum Gasteiger partial charge on any atom is 0.147 e. The van der Waals surface area contributed by atoms with Crippen LogP contribution in [0.25, 0.3) is 11.0 Å². The van der Waals surface area contributed by atoms with Crippen molar-refractivity contribution in [2.45, 2.75) is 12.8 Å². The first kappa shape index (κ1) is 11.4. The van der Waals surface area contributed by atoms with Gasteiger partial charge in [-0.15, -0.1) is 0 Å². The molecule has 1 fully saturated rings. The van der Waals surface area contributed by atoms with Crippen LogP contribution in [-0.2, 0) is 0 Å². The van der Waals surface area contributed by atoms with Crippen LogP contribution in [0.3, 0.4) is 0 Å². The van der Waals surface area contributed by atoms with Crippen LogP contribution in [0.15, 0.2) is 30.5 Å². The number of hydrogen-bond donors (Lipinski definition) is 1. The molecule has 0 aliphatic carbocycles. The van der Waals surface area contributed by atoms with Crippen LogP contribution in [0, 0.1) is 5.92 Å². The van der Waals surface area contributed by atoms with Crippen molar-refractivity contribution in [3.63, 3.8) is 0 Å². The molecular weight excluding hydrogens is 224 g/mol. The fraction of sp³-hybridized carbons (Fsp3) is 0.429. The molecule has 3 rings (SSSR count). The molecule has 1 unspecified atom stereocenters. The van der Waals surface area contributed by atoms with E-state index in [9.17, 15) is 0 Å². The fourth-order valence-electron chi connectivity index (χ4n) is 2.61. The average Bonchev–Trinajstić information content (AvgIpc) is 2.87. The van der Waals surface area contributed by atoms with E-state index in [0.717, 1.165) is 42.9 Å². The van der Waals surface area contributed by atoms with Gasteiger partial charge in [-0.3, -0.25) is 4.98 Å². The maximum absolute atomic E-state index is 5.62. The molecule has 4 heteroatoms. The van der Waals surface area contributed by atoms with Crippen molar-refractivity contribution < 1.29 is 0 Å². The summed E-state index contributed by atoms with van der Waals surface area (Å²) in [7, 11) is 0. The summed E-state index contributed by atoms with van der Waals surface area (Å²) < 4.78 is 0. The molecular formula is C14H18N4. The van der Waals surface area contributed by atoms with Gasteiger partial charge in [0.15, 0.2) is 0 Å². The summed E-state index contributed by atoms with van der Waals surface area (Å²) in [5.41, 5.74) is 7.55. The largest absolute Gasteiger partial charge is 0.355 e. The van der Waals surface area contributed by atoms with E-state index in [0.29, 0.717) is 5.92 Å². The molecule has 1 aromatic carbocycles. The van der Waals surface area contributed by atoms with Gasteiger partial charge < -0.3 is 10.6 Å². The molecule has 2 aromatic rings. The number of benzene rings is 1. The number of rotatable bonds is 3. The maximum atomic E-state index is 5.62. The van der Waals surface area contributed by atoms with Crippen molar-refractivity contribution >= 4 is 16.9 Å². The number of para-hydroxylation sites is 2.